The van der Waals surface area contributed by atoms with Gasteiger partial charge in [0.15, 0.2) is 0 Å². The molecule has 0 heterocycles. The van der Waals surface area contributed by atoms with Crippen molar-refractivity contribution in [2.45, 2.75) is 64.6 Å². The second kappa shape index (κ2) is 13.3. The lowest BCUT2D eigenvalue weighted by Gasteiger charge is -2.32. The van der Waals surface area contributed by atoms with Crippen LogP contribution in [0.5, 0.6) is 0 Å². The maximum absolute atomic E-state index is 13.9. The Morgan fingerprint density at radius 1 is 0.923 bits per heavy atom. The lowest BCUT2D eigenvalue weighted by atomic mass is 10.1. The fraction of sp³-hybridized carbons (Fsp3) is 0.333. The maximum atomic E-state index is 13.9. The maximum Gasteiger partial charge on any atom is 0.264 e. The molecule has 1 N–H and O–H groups in total. The summed E-state index contributed by atoms with van der Waals surface area (Å²) in [5, 5.41) is 2.94. The number of amides is 2. The van der Waals surface area contributed by atoms with Crippen LogP contribution in [0.4, 0.5) is 5.69 Å². The van der Waals surface area contributed by atoms with E-state index in [2.05, 4.69) is 21.2 Å². The molecule has 2 atom stereocenters. The number of aryl methyl sites for hydroxylation is 2. The molecule has 0 radical (unpaired) electrons. The van der Waals surface area contributed by atoms with Crippen LogP contribution < -0.4 is 9.62 Å². The molecule has 3 aromatic carbocycles. The summed E-state index contributed by atoms with van der Waals surface area (Å²) < 4.78 is 29.6. The zero-order valence-corrected chi connectivity index (χ0v) is 25.4. The van der Waals surface area contributed by atoms with Gasteiger partial charge in [-0.05, 0) is 76.1 Å². The summed E-state index contributed by atoms with van der Waals surface area (Å²) in [6.45, 7) is 9.07. The van der Waals surface area contributed by atoms with E-state index in [1.54, 1.807) is 43.3 Å². The van der Waals surface area contributed by atoms with Crippen LogP contribution in [0.1, 0.15) is 43.9 Å². The number of carbonyl (C=O) groups excluding carboxylic acids is 2. The molecule has 7 nitrogen and oxygen atoms in total. The van der Waals surface area contributed by atoms with E-state index in [4.69, 9.17) is 0 Å². The molecule has 0 aromatic heterocycles. The molecule has 9 heteroatoms. The SMILES string of the molecule is CC[C@H](C)NC(=O)[C@@H](C)N(Cc1cccc(C)c1)C(=O)CN(c1ccc(Br)cc1)S(=O)(=O)c1ccc(C)cc1. The zero-order chi connectivity index (χ0) is 28.7. The molecule has 0 saturated carbocycles. The highest BCUT2D eigenvalue weighted by molar-refractivity contribution is 9.10. The number of hydrogen-bond acceptors (Lipinski definition) is 4. The number of anilines is 1. The molecular weight excluding hydrogens is 578 g/mol. The van der Waals surface area contributed by atoms with Gasteiger partial charge >= 0.3 is 0 Å². The van der Waals surface area contributed by atoms with Crippen molar-refractivity contribution in [1.82, 2.24) is 10.2 Å². The molecule has 0 unspecified atom stereocenters. The topological polar surface area (TPSA) is 86.8 Å². The van der Waals surface area contributed by atoms with Crippen LogP contribution >= 0.6 is 15.9 Å². The van der Waals surface area contributed by atoms with Gasteiger partial charge in [-0.1, -0.05) is 70.4 Å². The van der Waals surface area contributed by atoms with Crippen molar-refractivity contribution in [2.75, 3.05) is 10.8 Å². The van der Waals surface area contributed by atoms with E-state index < -0.39 is 28.5 Å². The molecule has 0 aliphatic rings. The average molecular weight is 615 g/mol. The van der Waals surface area contributed by atoms with Gasteiger partial charge in [0.2, 0.25) is 11.8 Å². The average Bonchev–Trinajstić information content (AvgIpc) is 2.90. The molecule has 0 spiro atoms. The fourth-order valence-electron chi connectivity index (χ4n) is 4.03. The molecular formula is C30H36BrN3O4S. The molecule has 39 heavy (non-hydrogen) atoms. The van der Waals surface area contributed by atoms with Gasteiger partial charge in [-0.15, -0.1) is 0 Å². The third-order valence-electron chi connectivity index (χ3n) is 6.61. The van der Waals surface area contributed by atoms with Crippen molar-refractivity contribution in [2.24, 2.45) is 0 Å². The number of hydrogen-bond donors (Lipinski definition) is 1. The normalized spacial score (nSPS) is 12.9. The minimum Gasteiger partial charge on any atom is -0.352 e. The number of halogens is 1. The molecule has 3 aromatic rings. The molecule has 2 amide bonds. The lowest BCUT2D eigenvalue weighted by Crippen LogP contribution is -2.52. The van der Waals surface area contributed by atoms with E-state index in [1.807, 2.05) is 52.0 Å². The molecule has 3 rings (SSSR count). The Kier molecular flexibility index (Phi) is 10.3. The van der Waals surface area contributed by atoms with Gasteiger partial charge < -0.3 is 10.2 Å². The Bertz CT molecular complexity index is 1390. The molecule has 0 aliphatic heterocycles. The summed E-state index contributed by atoms with van der Waals surface area (Å²) in [6.07, 6.45) is 0.746. The Hall–Kier alpha value is -3.17. The van der Waals surface area contributed by atoms with E-state index in [9.17, 15) is 18.0 Å². The van der Waals surface area contributed by atoms with Gasteiger partial charge in [0, 0.05) is 17.1 Å². The standard InChI is InChI=1S/C30H36BrN3O4S/c1-6-23(4)32-30(36)24(5)33(19-25-9-7-8-22(3)18-25)29(35)20-34(27-14-12-26(31)13-15-27)39(37,38)28-16-10-21(2)11-17-28/h7-18,23-24H,6,19-20H2,1-5H3,(H,32,36)/t23-,24+/m0/s1. The Morgan fingerprint density at radius 2 is 1.56 bits per heavy atom. The summed E-state index contributed by atoms with van der Waals surface area (Å²) in [5.74, 6) is -0.774. The highest BCUT2D eigenvalue weighted by Gasteiger charge is 2.32. The smallest absolute Gasteiger partial charge is 0.264 e. The molecule has 0 saturated heterocycles. The molecule has 0 aliphatic carbocycles. The van der Waals surface area contributed by atoms with Crippen LogP contribution in [0.15, 0.2) is 82.2 Å². The first-order valence-electron chi connectivity index (χ1n) is 12.9. The predicted octanol–water partition coefficient (Wildman–Crippen LogP) is 5.59. The van der Waals surface area contributed by atoms with Crippen LogP contribution in [-0.2, 0) is 26.2 Å². The third kappa shape index (κ3) is 7.92. The number of sulfonamides is 1. The van der Waals surface area contributed by atoms with Crippen molar-refractivity contribution in [3.8, 4) is 0 Å². The Balaban J connectivity index is 2.02. The Morgan fingerprint density at radius 3 is 2.15 bits per heavy atom. The lowest BCUT2D eigenvalue weighted by molar-refractivity contribution is -0.139. The first kappa shape index (κ1) is 30.4. The van der Waals surface area contributed by atoms with E-state index in [0.717, 1.165) is 31.9 Å². The zero-order valence-electron chi connectivity index (χ0n) is 23.0. The third-order valence-corrected chi connectivity index (χ3v) is 8.92. The van der Waals surface area contributed by atoms with Crippen LogP contribution in [-0.4, -0.2) is 43.8 Å². The van der Waals surface area contributed by atoms with Crippen LogP contribution in [0.2, 0.25) is 0 Å². The minimum absolute atomic E-state index is 0.0583. The first-order valence-corrected chi connectivity index (χ1v) is 15.2. The highest BCUT2D eigenvalue weighted by Crippen LogP contribution is 2.26. The molecule has 208 valence electrons. The number of rotatable bonds is 11. The van der Waals surface area contributed by atoms with Crippen molar-refractivity contribution in [1.29, 1.82) is 0 Å². The fourth-order valence-corrected chi connectivity index (χ4v) is 5.71. The number of nitrogens with one attached hydrogen (secondary N) is 1. The van der Waals surface area contributed by atoms with E-state index in [1.165, 1.54) is 17.0 Å². The summed E-state index contributed by atoms with van der Waals surface area (Å²) in [6, 6.07) is 20.1. The van der Waals surface area contributed by atoms with Gasteiger partial charge in [0.1, 0.15) is 12.6 Å². The van der Waals surface area contributed by atoms with Crippen LogP contribution in [0, 0.1) is 13.8 Å². The van der Waals surface area contributed by atoms with Crippen molar-refractivity contribution >= 4 is 43.5 Å². The van der Waals surface area contributed by atoms with Gasteiger partial charge in [-0.2, -0.15) is 0 Å². The number of benzene rings is 3. The number of carbonyl (C=O) groups is 2. The van der Waals surface area contributed by atoms with E-state index in [0.29, 0.717) is 5.69 Å². The predicted molar refractivity (Wildman–Crippen MR) is 159 cm³/mol. The molecule has 0 fully saturated rings. The monoisotopic (exact) mass is 613 g/mol. The summed E-state index contributed by atoms with van der Waals surface area (Å²) >= 11 is 3.39. The minimum atomic E-state index is -4.09. The summed E-state index contributed by atoms with van der Waals surface area (Å²) in [4.78, 5) is 28.6. The van der Waals surface area contributed by atoms with Crippen molar-refractivity contribution in [3.63, 3.8) is 0 Å². The molecule has 0 bridgehead atoms. The second-order valence-corrected chi connectivity index (χ2v) is 12.6. The van der Waals surface area contributed by atoms with Gasteiger partial charge in [-0.3, -0.25) is 13.9 Å². The summed E-state index contributed by atoms with van der Waals surface area (Å²) in [7, 11) is -4.09. The van der Waals surface area contributed by atoms with E-state index >= 15 is 0 Å². The van der Waals surface area contributed by atoms with Gasteiger partial charge in [0.25, 0.3) is 10.0 Å². The van der Waals surface area contributed by atoms with E-state index in [-0.39, 0.29) is 23.4 Å². The quantitative estimate of drug-likeness (QED) is 0.305. The van der Waals surface area contributed by atoms with Crippen molar-refractivity contribution < 1.29 is 18.0 Å². The van der Waals surface area contributed by atoms with Gasteiger partial charge in [-0.25, -0.2) is 8.42 Å². The van der Waals surface area contributed by atoms with Gasteiger partial charge in [0.05, 0.1) is 10.6 Å². The van der Waals surface area contributed by atoms with Crippen LogP contribution in [0.25, 0.3) is 0 Å². The second-order valence-electron chi connectivity index (χ2n) is 9.81. The van der Waals surface area contributed by atoms with Crippen LogP contribution in [0.3, 0.4) is 0 Å². The number of nitrogens with zero attached hydrogens (tertiary/aromatic N) is 2. The van der Waals surface area contributed by atoms with Crippen molar-refractivity contribution in [3.05, 3.63) is 94.0 Å². The largest absolute Gasteiger partial charge is 0.352 e. The highest BCUT2D eigenvalue weighted by atomic mass is 79.9. The first-order chi connectivity index (χ1) is 18.4. The summed E-state index contributed by atoms with van der Waals surface area (Å²) in [5.41, 5.74) is 3.14. The Labute approximate surface area is 240 Å².